The summed E-state index contributed by atoms with van der Waals surface area (Å²) < 4.78 is 20.3. The van der Waals surface area contributed by atoms with Crippen molar-refractivity contribution >= 4 is 11.7 Å². The van der Waals surface area contributed by atoms with Gasteiger partial charge in [-0.25, -0.2) is 9.37 Å². The van der Waals surface area contributed by atoms with Gasteiger partial charge in [-0.3, -0.25) is 9.69 Å². The first-order valence-corrected chi connectivity index (χ1v) is 13.3. The van der Waals surface area contributed by atoms with E-state index < -0.39 is 5.82 Å². The third-order valence-corrected chi connectivity index (χ3v) is 7.69. The van der Waals surface area contributed by atoms with E-state index in [9.17, 15) is 9.18 Å². The molecule has 37 heavy (non-hydrogen) atoms. The number of carbonyl (C=O) groups is 1. The molecule has 1 atom stereocenters. The van der Waals surface area contributed by atoms with Crippen molar-refractivity contribution in [2.45, 2.75) is 59.5 Å². The van der Waals surface area contributed by atoms with E-state index in [2.05, 4.69) is 38.8 Å². The minimum Gasteiger partial charge on any atom is -0.434 e. The molecule has 2 fully saturated rings. The van der Waals surface area contributed by atoms with Crippen LogP contribution < -0.4 is 15.4 Å². The van der Waals surface area contributed by atoms with Gasteiger partial charge in [0.05, 0.1) is 5.56 Å². The molecule has 3 heterocycles. The summed E-state index contributed by atoms with van der Waals surface area (Å²) in [6.07, 6.45) is 3.47. The van der Waals surface area contributed by atoms with Crippen molar-refractivity contribution in [2.75, 3.05) is 44.2 Å². The Morgan fingerprint density at radius 2 is 2.00 bits per heavy atom. The van der Waals surface area contributed by atoms with Gasteiger partial charge in [-0.1, -0.05) is 13.8 Å². The molecule has 10 heteroatoms. The Hall–Kier alpha value is -2.85. The Kier molecular flexibility index (Phi) is 8.28. The Balaban J connectivity index is 1.52. The molecule has 4 rings (SSSR count). The van der Waals surface area contributed by atoms with Gasteiger partial charge in [0, 0.05) is 50.2 Å². The van der Waals surface area contributed by atoms with Crippen molar-refractivity contribution in [3.63, 3.8) is 0 Å². The van der Waals surface area contributed by atoms with E-state index in [0.29, 0.717) is 30.9 Å². The van der Waals surface area contributed by atoms with Crippen LogP contribution in [0.5, 0.6) is 11.6 Å². The number of halogens is 1. The largest absolute Gasteiger partial charge is 0.434 e. The molecule has 1 spiro atoms. The van der Waals surface area contributed by atoms with Crippen molar-refractivity contribution < 1.29 is 13.9 Å². The summed E-state index contributed by atoms with van der Waals surface area (Å²) in [4.78, 5) is 24.1. The fourth-order valence-electron chi connectivity index (χ4n) is 5.83. The lowest BCUT2D eigenvalue weighted by atomic mass is 9.76. The normalized spacial score (nSPS) is 17.9. The van der Waals surface area contributed by atoms with E-state index in [4.69, 9.17) is 10.5 Å². The van der Waals surface area contributed by atoms with Gasteiger partial charge in [0.15, 0.2) is 5.82 Å². The summed E-state index contributed by atoms with van der Waals surface area (Å²) in [7, 11) is 0. The van der Waals surface area contributed by atoms with Crippen LogP contribution in [0, 0.1) is 17.2 Å². The topological polar surface area (TPSA) is 101 Å². The maximum absolute atomic E-state index is 14.2. The second kappa shape index (κ2) is 11.3. The molecule has 202 valence electrons. The van der Waals surface area contributed by atoms with E-state index in [1.165, 1.54) is 24.5 Å². The Labute approximate surface area is 219 Å². The number of ether oxygens (including phenoxy) is 1. The van der Waals surface area contributed by atoms with E-state index in [1.807, 2.05) is 20.8 Å². The van der Waals surface area contributed by atoms with E-state index in [0.717, 1.165) is 39.0 Å². The average Bonchev–Trinajstić information content (AvgIpc) is 3.29. The van der Waals surface area contributed by atoms with E-state index in [-0.39, 0.29) is 34.6 Å². The van der Waals surface area contributed by atoms with Crippen molar-refractivity contribution in [2.24, 2.45) is 17.1 Å². The van der Waals surface area contributed by atoms with Gasteiger partial charge in [0.25, 0.3) is 11.8 Å². The predicted molar refractivity (Wildman–Crippen MR) is 141 cm³/mol. The van der Waals surface area contributed by atoms with E-state index >= 15 is 0 Å². The maximum atomic E-state index is 14.2. The molecule has 2 N–H and O–H groups in total. The molecule has 2 aromatic rings. The number of aromatic nitrogens is 3. The zero-order valence-corrected chi connectivity index (χ0v) is 22.7. The summed E-state index contributed by atoms with van der Waals surface area (Å²) >= 11 is 0. The number of anilines is 1. The van der Waals surface area contributed by atoms with Crippen LogP contribution in [0.4, 0.5) is 10.2 Å². The number of benzene rings is 1. The number of rotatable bonds is 10. The van der Waals surface area contributed by atoms with Crippen LogP contribution in [-0.4, -0.2) is 82.2 Å². The number of likely N-dealkylation sites (tertiary alicyclic amines) is 1. The quantitative estimate of drug-likeness (QED) is 0.515. The first-order chi connectivity index (χ1) is 17.7. The summed E-state index contributed by atoms with van der Waals surface area (Å²) in [6, 6.07) is 4.43. The van der Waals surface area contributed by atoms with Crippen molar-refractivity contribution in [1.29, 1.82) is 0 Å². The number of nitrogens with two attached hydrogens (primary N) is 1. The molecule has 2 aliphatic heterocycles. The van der Waals surface area contributed by atoms with Crippen LogP contribution in [0.1, 0.15) is 57.8 Å². The highest BCUT2D eigenvalue weighted by molar-refractivity contribution is 5.97. The molecule has 0 radical (unpaired) electrons. The highest BCUT2D eigenvalue weighted by atomic mass is 19.1. The lowest BCUT2D eigenvalue weighted by Gasteiger charge is -2.52. The summed E-state index contributed by atoms with van der Waals surface area (Å²) in [5.74, 6) is 0.810. The Morgan fingerprint density at radius 1 is 1.24 bits per heavy atom. The summed E-state index contributed by atoms with van der Waals surface area (Å²) in [6.45, 7) is 15.2. The predicted octanol–water partition coefficient (Wildman–Crippen LogP) is 3.56. The number of amides is 1. The van der Waals surface area contributed by atoms with Gasteiger partial charge < -0.3 is 20.3 Å². The molecule has 9 nitrogen and oxygen atoms in total. The van der Waals surface area contributed by atoms with Gasteiger partial charge >= 0.3 is 0 Å². The molecule has 0 saturated carbocycles. The molecule has 2 saturated heterocycles. The first kappa shape index (κ1) is 27.2. The number of hydrogen-bond acceptors (Lipinski definition) is 8. The van der Waals surface area contributed by atoms with Crippen LogP contribution in [0.2, 0.25) is 0 Å². The number of hydrogen-bond donors (Lipinski definition) is 1. The van der Waals surface area contributed by atoms with E-state index in [1.54, 1.807) is 4.90 Å². The standard InChI is InChI=1S/C27H40FN7O2/c1-6-35(19(4)5)26(36)21-13-20(28)7-8-23(21)37-25-24(30-17-31-32-25)33-12-10-27(14-33)15-34(16-27)22(9-11-29)18(2)3/h7-8,13,17-19,22H,6,9-12,14-16,29H2,1-5H3/t22-/m0/s1. The van der Waals surface area contributed by atoms with Crippen molar-refractivity contribution in [3.05, 3.63) is 35.9 Å². The highest BCUT2D eigenvalue weighted by Crippen LogP contribution is 2.44. The Bertz CT molecular complexity index is 1090. The molecule has 1 aromatic carbocycles. The molecular weight excluding hydrogens is 473 g/mol. The first-order valence-electron chi connectivity index (χ1n) is 13.3. The van der Waals surface area contributed by atoms with Crippen LogP contribution in [0.3, 0.4) is 0 Å². The molecule has 0 aliphatic carbocycles. The highest BCUT2D eigenvalue weighted by Gasteiger charge is 2.50. The lowest BCUT2D eigenvalue weighted by Crippen LogP contribution is -2.62. The van der Waals surface area contributed by atoms with Crippen LogP contribution in [0.25, 0.3) is 0 Å². The third-order valence-electron chi connectivity index (χ3n) is 7.69. The second-order valence-corrected chi connectivity index (χ2v) is 11.0. The second-order valence-electron chi connectivity index (χ2n) is 11.0. The molecule has 0 unspecified atom stereocenters. The average molecular weight is 514 g/mol. The van der Waals surface area contributed by atoms with Gasteiger partial charge in [0.2, 0.25) is 0 Å². The smallest absolute Gasteiger partial charge is 0.282 e. The molecular formula is C27H40FN7O2. The van der Waals surface area contributed by atoms with Crippen molar-refractivity contribution in [3.8, 4) is 11.6 Å². The molecule has 1 amide bonds. The fourth-order valence-corrected chi connectivity index (χ4v) is 5.83. The SMILES string of the molecule is CCN(C(=O)c1cc(F)ccc1Oc1nncnc1N1CCC2(C1)CN([C@@H](CCN)C(C)C)C2)C(C)C. The van der Waals surface area contributed by atoms with Crippen LogP contribution in [-0.2, 0) is 0 Å². The van der Waals surface area contributed by atoms with Gasteiger partial charge in [-0.05, 0) is 64.3 Å². The minimum absolute atomic E-state index is 0.0367. The summed E-state index contributed by atoms with van der Waals surface area (Å²) in [5.41, 5.74) is 6.23. The number of carbonyl (C=O) groups excluding carboxylic acids is 1. The van der Waals surface area contributed by atoms with Gasteiger partial charge in [-0.2, -0.15) is 0 Å². The fraction of sp³-hybridized carbons (Fsp3) is 0.630. The molecule has 1 aromatic heterocycles. The number of nitrogens with zero attached hydrogens (tertiary/aromatic N) is 6. The minimum atomic E-state index is -0.502. The molecule has 0 bridgehead atoms. The van der Waals surface area contributed by atoms with Crippen LogP contribution in [0.15, 0.2) is 24.5 Å². The zero-order valence-electron chi connectivity index (χ0n) is 22.7. The van der Waals surface area contributed by atoms with Crippen molar-refractivity contribution in [1.82, 2.24) is 25.0 Å². The molecule has 2 aliphatic rings. The Morgan fingerprint density at radius 3 is 2.65 bits per heavy atom. The summed E-state index contributed by atoms with van der Waals surface area (Å²) in [5, 5.41) is 8.13. The monoisotopic (exact) mass is 513 g/mol. The third kappa shape index (κ3) is 5.70. The maximum Gasteiger partial charge on any atom is 0.282 e. The van der Waals surface area contributed by atoms with Gasteiger partial charge in [-0.15, -0.1) is 10.2 Å². The lowest BCUT2D eigenvalue weighted by molar-refractivity contribution is -0.0325. The van der Waals surface area contributed by atoms with Crippen LogP contribution >= 0.6 is 0 Å². The van der Waals surface area contributed by atoms with Gasteiger partial charge in [0.1, 0.15) is 17.9 Å². The zero-order chi connectivity index (χ0) is 26.7.